The molecule has 5 heteroatoms. The van der Waals surface area contributed by atoms with Gasteiger partial charge in [0, 0.05) is 17.7 Å². The number of nitrogens with zero attached hydrogens (tertiary/aromatic N) is 2. The van der Waals surface area contributed by atoms with E-state index in [2.05, 4.69) is 4.90 Å². The van der Waals surface area contributed by atoms with Crippen molar-refractivity contribution in [2.75, 3.05) is 11.2 Å². The molecule has 2 aliphatic heterocycles. The Morgan fingerprint density at radius 3 is 2.50 bits per heavy atom. The van der Waals surface area contributed by atoms with E-state index in [0.717, 1.165) is 28.3 Å². The maximum absolute atomic E-state index is 13.7. The second-order valence-corrected chi connectivity index (χ2v) is 7.92. The normalized spacial score (nSPS) is 19.7. The number of thioether (sulfide) groups is 1. The van der Waals surface area contributed by atoms with E-state index in [9.17, 15) is 9.18 Å². The smallest absolute Gasteiger partial charge is 0.193 e. The molecule has 28 heavy (non-hydrogen) atoms. The fraction of sp³-hybridized carbons (Fsp3) is 0.130. The average Bonchev–Trinajstić information content (AvgIpc) is 3.08. The van der Waals surface area contributed by atoms with Crippen LogP contribution in [0.15, 0.2) is 77.8 Å². The summed E-state index contributed by atoms with van der Waals surface area (Å²) in [6.45, 7) is 0.514. The summed E-state index contributed by atoms with van der Waals surface area (Å²) in [4.78, 5) is 20.7. The maximum atomic E-state index is 13.7. The molecule has 0 aliphatic carbocycles. The van der Waals surface area contributed by atoms with Gasteiger partial charge in [-0.15, -0.1) is 11.8 Å². The summed E-state index contributed by atoms with van der Waals surface area (Å²) in [6.07, 6.45) is 1.96. The number of rotatable bonds is 3. The number of halogens is 1. The molecule has 0 N–H and O–H groups in total. The molecule has 2 aliphatic rings. The summed E-state index contributed by atoms with van der Waals surface area (Å²) < 4.78 is 12.5. The molecule has 0 saturated carbocycles. The summed E-state index contributed by atoms with van der Waals surface area (Å²) in [5.74, 6) is 0.533. The van der Waals surface area contributed by atoms with Gasteiger partial charge in [-0.05, 0) is 42.2 Å². The van der Waals surface area contributed by atoms with E-state index >= 15 is 0 Å². The highest BCUT2D eigenvalue weighted by atomic mass is 32.2. The molecular weight excluding hydrogens is 371 g/mol. The molecule has 5 rings (SSSR count). The van der Waals surface area contributed by atoms with Crippen LogP contribution in [0.1, 0.15) is 21.5 Å². The van der Waals surface area contributed by atoms with E-state index in [1.54, 1.807) is 12.1 Å². The number of fused-ring (bicyclic) bond motifs is 4. The van der Waals surface area contributed by atoms with E-state index in [4.69, 9.17) is 4.99 Å². The van der Waals surface area contributed by atoms with Gasteiger partial charge in [0.25, 0.3) is 0 Å². The Kier molecular flexibility index (Phi) is 3.88. The number of amidine groups is 1. The number of anilines is 1. The van der Waals surface area contributed by atoms with Crippen molar-refractivity contribution in [1.29, 1.82) is 0 Å². The first kappa shape index (κ1) is 17.2. The van der Waals surface area contributed by atoms with E-state index in [1.165, 1.54) is 23.9 Å². The van der Waals surface area contributed by atoms with Gasteiger partial charge in [0.1, 0.15) is 11.7 Å². The lowest BCUT2D eigenvalue weighted by atomic mass is 9.84. The summed E-state index contributed by atoms with van der Waals surface area (Å²) in [5, 5.41) is 0. The zero-order chi connectivity index (χ0) is 19.3. The highest BCUT2D eigenvalue weighted by molar-refractivity contribution is 8.01. The number of hydrogen-bond donors (Lipinski definition) is 0. The van der Waals surface area contributed by atoms with Crippen LogP contribution in [0.4, 0.5) is 15.8 Å². The minimum Gasteiger partial charge on any atom is -0.323 e. The second kappa shape index (κ2) is 6.31. The van der Waals surface area contributed by atoms with Crippen LogP contribution >= 0.6 is 11.8 Å². The van der Waals surface area contributed by atoms with Crippen molar-refractivity contribution in [3.05, 3.63) is 95.3 Å². The minimum atomic E-state index is -0.856. The number of carbonyl (C=O) groups excluding carboxylic acids is 1. The lowest BCUT2D eigenvalue weighted by molar-refractivity contribution is 0.0968. The SMILES string of the molecule is CSC12C(=O)c3ccccc3N(Cc3ccc(F)cc3)C1=Nc1ccccc12. The number of aliphatic imine (C=N–C) groups is 1. The number of carbonyl (C=O) groups is 1. The zero-order valence-electron chi connectivity index (χ0n) is 15.2. The number of Topliss-reactive ketones (excluding diaryl/α,β-unsaturated/α-hetero) is 1. The minimum absolute atomic E-state index is 0.0645. The topological polar surface area (TPSA) is 32.7 Å². The van der Waals surface area contributed by atoms with Crippen LogP contribution in [0, 0.1) is 5.82 Å². The molecule has 0 saturated heterocycles. The van der Waals surface area contributed by atoms with Gasteiger partial charge in [-0.2, -0.15) is 0 Å². The van der Waals surface area contributed by atoms with Crippen molar-refractivity contribution >= 4 is 34.8 Å². The maximum Gasteiger partial charge on any atom is 0.193 e. The summed E-state index contributed by atoms with van der Waals surface area (Å²) in [5.41, 5.74) is 4.25. The Bertz CT molecular complexity index is 1130. The van der Waals surface area contributed by atoms with Crippen molar-refractivity contribution < 1.29 is 9.18 Å². The van der Waals surface area contributed by atoms with Gasteiger partial charge in [-0.3, -0.25) is 4.79 Å². The van der Waals surface area contributed by atoms with Gasteiger partial charge in [0.15, 0.2) is 10.5 Å². The molecule has 0 bridgehead atoms. The molecule has 1 unspecified atom stereocenters. The van der Waals surface area contributed by atoms with Crippen molar-refractivity contribution in [3.63, 3.8) is 0 Å². The first-order valence-corrected chi connectivity index (χ1v) is 10.3. The van der Waals surface area contributed by atoms with Crippen LogP contribution < -0.4 is 4.90 Å². The molecule has 3 aromatic rings. The summed E-state index contributed by atoms with van der Waals surface area (Å²) in [7, 11) is 0. The average molecular weight is 388 g/mol. The number of ketones is 1. The van der Waals surface area contributed by atoms with Gasteiger partial charge in [-0.1, -0.05) is 42.5 Å². The molecule has 2 heterocycles. The molecule has 138 valence electrons. The number of benzene rings is 3. The highest BCUT2D eigenvalue weighted by Gasteiger charge is 2.55. The Hall–Kier alpha value is -2.92. The molecule has 0 radical (unpaired) electrons. The Morgan fingerprint density at radius 1 is 1.00 bits per heavy atom. The highest BCUT2D eigenvalue weighted by Crippen LogP contribution is 2.53. The second-order valence-electron chi connectivity index (χ2n) is 6.90. The molecule has 1 atom stereocenters. The quantitative estimate of drug-likeness (QED) is 0.608. The lowest BCUT2D eigenvalue weighted by Crippen LogP contribution is -2.52. The molecule has 0 fully saturated rings. The monoisotopic (exact) mass is 388 g/mol. The standard InChI is InChI=1S/C23H17FN2OS/c1-28-23-18-7-3-4-8-19(18)25-22(23)26(14-15-10-12-16(24)13-11-15)20-9-5-2-6-17(20)21(23)27/h2-13H,14H2,1H3. The Labute approximate surface area is 166 Å². The third-order valence-corrected chi connectivity index (χ3v) is 6.60. The van der Waals surface area contributed by atoms with Crippen molar-refractivity contribution in [1.82, 2.24) is 0 Å². The first-order chi connectivity index (χ1) is 13.6. The fourth-order valence-electron chi connectivity index (χ4n) is 4.09. The van der Waals surface area contributed by atoms with E-state index in [1.807, 2.05) is 54.8 Å². The number of para-hydroxylation sites is 2. The van der Waals surface area contributed by atoms with E-state index in [-0.39, 0.29) is 11.6 Å². The molecular formula is C23H17FN2OS. The van der Waals surface area contributed by atoms with Crippen molar-refractivity contribution in [2.45, 2.75) is 11.3 Å². The van der Waals surface area contributed by atoms with Gasteiger partial charge in [0.05, 0.1) is 11.4 Å². The van der Waals surface area contributed by atoms with Crippen LogP contribution in [0.3, 0.4) is 0 Å². The van der Waals surface area contributed by atoms with E-state index < -0.39 is 4.75 Å². The predicted molar refractivity (Wildman–Crippen MR) is 112 cm³/mol. The zero-order valence-corrected chi connectivity index (χ0v) is 16.0. The first-order valence-electron chi connectivity index (χ1n) is 9.05. The van der Waals surface area contributed by atoms with Crippen LogP contribution in [-0.2, 0) is 11.3 Å². The third-order valence-electron chi connectivity index (χ3n) is 5.40. The van der Waals surface area contributed by atoms with Crippen LogP contribution in [0.25, 0.3) is 0 Å². The summed E-state index contributed by atoms with van der Waals surface area (Å²) in [6, 6.07) is 22.0. The third kappa shape index (κ3) is 2.29. The number of hydrogen-bond acceptors (Lipinski definition) is 4. The van der Waals surface area contributed by atoms with Crippen molar-refractivity contribution in [3.8, 4) is 0 Å². The summed E-state index contributed by atoms with van der Waals surface area (Å²) >= 11 is 1.51. The van der Waals surface area contributed by atoms with Crippen LogP contribution in [0.2, 0.25) is 0 Å². The fourth-order valence-corrected chi connectivity index (χ4v) is 5.11. The largest absolute Gasteiger partial charge is 0.323 e. The predicted octanol–water partition coefficient (Wildman–Crippen LogP) is 5.33. The van der Waals surface area contributed by atoms with Crippen molar-refractivity contribution in [2.24, 2.45) is 4.99 Å². The van der Waals surface area contributed by atoms with Crippen LogP contribution in [-0.4, -0.2) is 17.9 Å². The van der Waals surface area contributed by atoms with Gasteiger partial charge < -0.3 is 4.90 Å². The van der Waals surface area contributed by atoms with Gasteiger partial charge in [-0.25, -0.2) is 9.38 Å². The molecule has 3 nitrogen and oxygen atoms in total. The lowest BCUT2D eigenvalue weighted by Gasteiger charge is -2.41. The van der Waals surface area contributed by atoms with E-state index in [0.29, 0.717) is 12.1 Å². The van der Waals surface area contributed by atoms with Crippen LogP contribution in [0.5, 0.6) is 0 Å². The molecule has 0 spiro atoms. The Balaban J connectivity index is 1.73. The molecule has 3 aromatic carbocycles. The van der Waals surface area contributed by atoms with Gasteiger partial charge >= 0.3 is 0 Å². The molecule has 0 aromatic heterocycles. The molecule has 0 amide bonds. The Morgan fingerprint density at radius 2 is 1.71 bits per heavy atom. The van der Waals surface area contributed by atoms with Gasteiger partial charge in [0.2, 0.25) is 0 Å².